The fraction of sp³-hybridized carbons (Fsp3) is 0.176. The number of thioether (sulfide) groups is 1. The topological polar surface area (TPSA) is 72.7 Å². The number of rotatable bonds is 6. The minimum absolute atomic E-state index is 0.00891. The van der Waals surface area contributed by atoms with Crippen LogP contribution in [-0.2, 0) is 11.3 Å². The zero-order valence-corrected chi connectivity index (χ0v) is 15.7. The van der Waals surface area contributed by atoms with Crippen LogP contribution >= 0.6 is 23.4 Å². The average molecular weight is 428 g/mol. The molecule has 146 valence electrons. The number of carbonyl (C=O) groups excluding carboxylic acids is 1. The van der Waals surface area contributed by atoms with E-state index in [1.807, 2.05) is 0 Å². The lowest BCUT2D eigenvalue weighted by Gasteiger charge is -2.12. The maximum atomic E-state index is 13.0. The summed E-state index contributed by atoms with van der Waals surface area (Å²) < 4.78 is 40.0. The van der Waals surface area contributed by atoms with E-state index in [0.29, 0.717) is 16.3 Å². The molecule has 0 unspecified atom stereocenters. The third kappa shape index (κ3) is 5.46. The normalized spacial score (nSPS) is 11.4. The molecular formula is C17H13ClF3N5OS. The summed E-state index contributed by atoms with van der Waals surface area (Å²) in [5.41, 5.74) is 0.939. The molecule has 0 aliphatic carbocycles. The van der Waals surface area contributed by atoms with Gasteiger partial charge in [-0.25, -0.2) is 0 Å². The number of halogens is 4. The molecule has 2 aromatic heterocycles. The van der Waals surface area contributed by atoms with Gasteiger partial charge in [0.05, 0.1) is 5.75 Å². The van der Waals surface area contributed by atoms with Crippen molar-refractivity contribution in [3.05, 3.63) is 53.8 Å². The van der Waals surface area contributed by atoms with Crippen molar-refractivity contribution in [1.29, 1.82) is 0 Å². The second-order valence-corrected chi connectivity index (χ2v) is 6.97. The summed E-state index contributed by atoms with van der Waals surface area (Å²) in [6, 6.07) is 9.63. The molecule has 0 radical (unpaired) electrons. The molecule has 0 atom stereocenters. The van der Waals surface area contributed by atoms with E-state index < -0.39 is 18.6 Å². The summed E-state index contributed by atoms with van der Waals surface area (Å²) >= 11 is 6.72. The van der Waals surface area contributed by atoms with E-state index in [0.717, 1.165) is 16.3 Å². The van der Waals surface area contributed by atoms with E-state index in [9.17, 15) is 18.0 Å². The Morgan fingerprint density at radius 1 is 1.18 bits per heavy atom. The number of aromatic nitrogens is 4. The van der Waals surface area contributed by atoms with Crippen LogP contribution in [-0.4, -0.2) is 37.6 Å². The summed E-state index contributed by atoms with van der Waals surface area (Å²) in [7, 11) is 0. The standard InChI is InChI=1S/C17H13ClF3N5OS/c18-12-2-1-3-13(8-12)23-14(27)9-28-16-25-24-15(11-4-6-22-7-5-11)26(16)10-17(19,20)21/h1-8H,9-10H2,(H,23,27). The summed E-state index contributed by atoms with van der Waals surface area (Å²) in [4.78, 5) is 15.9. The van der Waals surface area contributed by atoms with Crippen molar-refractivity contribution in [2.45, 2.75) is 17.9 Å². The van der Waals surface area contributed by atoms with Gasteiger partial charge in [0.15, 0.2) is 11.0 Å². The zero-order chi connectivity index (χ0) is 20.1. The van der Waals surface area contributed by atoms with E-state index in [1.54, 1.807) is 24.3 Å². The van der Waals surface area contributed by atoms with E-state index in [1.165, 1.54) is 24.5 Å². The van der Waals surface area contributed by atoms with E-state index >= 15 is 0 Å². The van der Waals surface area contributed by atoms with Crippen LogP contribution in [0.3, 0.4) is 0 Å². The van der Waals surface area contributed by atoms with Crippen molar-refractivity contribution >= 4 is 35.0 Å². The van der Waals surface area contributed by atoms with Gasteiger partial charge < -0.3 is 5.32 Å². The number of hydrogen-bond acceptors (Lipinski definition) is 5. The number of hydrogen-bond donors (Lipinski definition) is 1. The van der Waals surface area contributed by atoms with Crippen molar-refractivity contribution in [3.8, 4) is 11.4 Å². The SMILES string of the molecule is O=C(CSc1nnc(-c2ccncc2)n1CC(F)(F)F)Nc1cccc(Cl)c1. The molecule has 0 aliphatic heterocycles. The molecule has 1 aromatic carbocycles. The predicted molar refractivity (Wildman–Crippen MR) is 100 cm³/mol. The predicted octanol–water partition coefficient (Wildman–Crippen LogP) is 4.29. The Bertz CT molecular complexity index is 965. The van der Waals surface area contributed by atoms with Gasteiger partial charge in [0, 0.05) is 28.7 Å². The minimum atomic E-state index is -4.47. The van der Waals surface area contributed by atoms with Gasteiger partial charge in [0.25, 0.3) is 0 Å². The van der Waals surface area contributed by atoms with Gasteiger partial charge >= 0.3 is 6.18 Å². The molecular weight excluding hydrogens is 415 g/mol. The van der Waals surface area contributed by atoms with Crippen LogP contribution in [0, 0.1) is 0 Å². The quantitative estimate of drug-likeness (QED) is 0.594. The van der Waals surface area contributed by atoms with E-state index in [-0.39, 0.29) is 16.7 Å². The Morgan fingerprint density at radius 2 is 1.93 bits per heavy atom. The van der Waals surface area contributed by atoms with Gasteiger partial charge in [-0.3, -0.25) is 14.3 Å². The number of anilines is 1. The Labute approximate surface area is 167 Å². The molecule has 0 bridgehead atoms. The fourth-order valence-corrected chi connectivity index (χ4v) is 3.25. The van der Waals surface area contributed by atoms with Gasteiger partial charge in [0.2, 0.25) is 5.91 Å². The lowest BCUT2D eigenvalue weighted by molar-refractivity contribution is -0.141. The molecule has 3 rings (SSSR count). The first-order valence-corrected chi connectivity index (χ1v) is 9.27. The lowest BCUT2D eigenvalue weighted by atomic mass is 10.2. The molecule has 0 aliphatic rings. The number of alkyl halides is 3. The summed E-state index contributed by atoms with van der Waals surface area (Å²) in [6.07, 6.45) is -1.57. The fourth-order valence-electron chi connectivity index (χ4n) is 2.33. The third-order valence-corrected chi connectivity index (χ3v) is 4.64. The van der Waals surface area contributed by atoms with Crippen LogP contribution in [0.4, 0.5) is 18.9 Å². The number of nitrogens with one attached hydrogen (secondary N) is 1. The van der Waals surface area contributed by atoms with Gasteiger partial charge in [-0.05, 0) is 30.3 Å². The van der Waals surface area contributed by atoms with Gasteiger partial charge in [-0.15, -0.1) is 10.2 Å². The summed E-state index contributed by atoms with van der Waals surface area (Å²) in [6.45, 7) is -1.27. The number of amides is 1. The molecule has 0 saturated carbocycles. The Kier molecular flexibility index (Phi) is 6.20. The van der Waals surface area contributed by atoms with Crippen molar-refractivity contribution in [3.63, 3.8) is 0 Å². The van der Waals surface area contributed by atoms with Crippen LogP contribution in [0.2, 0.25) is 5.02 Å². The maximum absolute atomic E-state index is 13.0. The second kappa shape index (κ2) is 8.61. The Hall–Kier alpha value is -2.59. The average Bonchev–Trinajstić information content (AvgIpc) is 3.01. The molecule has 1 N–H and O–H groups in total. The van der Waals surface area contributed by atoms with Crippen molar-refractivity contribution in [2.24, 2.45) is 0 Å². The van der Waals surface area contributed by atoms with E-state index in [2.05, 4.69) is 20.5 Å². The highest BCUT2D eigenvalue weighted by atomic mass is 35.5. The largest absolute Gasteiger partial charge is 0.406 e. The van der Waals surface area contributed by atoms with Crippen molar-refractivity contribution in [1.82, 2.24) is 19.7 Å². The molecule has 0 saturated heterocycles. The molecule has 1 amide bonds. The Morgan fingerprint density at radius 3 is 2.61 bits per heavy atom. The first-order chi connectivity index (χ1) is 13.3. The molecule has 28 heavy (non-hydrogen) atoms. The number of pyridine rings is 1. The van der Waals surface area contributed by atoms with Crippen molar-refractivity contribution < 1.29 is 18.0 Å². The highest BCUT2D eigenvalue weighted by molar-refractivity contribution is 7.99. The highest BCUT2D eigenvalue weighted by Gasteiger charge is 2.31. The maximum Gasteiger partial charge on any atom is 0.406 e. The van der Waals surface area contributed by atoms with Crippen molar-refractivity contribution in [2.75, 3.05) is 11.1 Å². The van der Waals surface area contributed by atoms with Crippen LogP contribution in [0.25, 0.3) is 11.4 Å². The molecule has 2 heterocycles. The van der Waals surface area contributed by atoms with Gasteiger partial charge in [0.1, 0.15) is 6.54 Å². The van der Waals surface area contributed by atoms with Gasteiger partial charge in [-0.1, -0.05) is 29.4 Å². The van der Waals surface area contributed by atoms with Crippen LogP contribution < -0.4 is 5.32 Å². The van der Waals surface area contributed by atoms with Crippen LogP contribution in [0.1, 0.15) is 0 Å². The number of carbonyl (C=O) groups is 1. The molecule has 11 heteroatoms. The minimum Gasteiger partial charge on any atom is -0.325 e. The number of benzene rings is 1. The molecule has 0 spiro atoms. The first-order valence-electron chi connectivity index (χ1n) is 7.90. The first kappa shape index (κ1) is 20.2. The molecule has 3 aromatic rings. The van der Waals surface area contributed by atoms with E-state index in [4.69, 9.17) is 11.6 Å². The molecule has 6 nitrogen and oxygen atoms in total. The van der Waals surface area contributed by atoms with Crippen LogP contribution in [0.15, 0.2) is 53.9 Å². The monoisotopic (exact) mass is 427 g/mol. The smallest absolute Gasteiger partial charge is 0.325 e. The third-order valence-electron chi connectivity index (χ3n) is 3.43. The van der Waals surface area contributed by atoms with Crippen LogP contribution in [0.5, 0.6) is 0 Å². The Balaban J connectivity index is 1.76. The van der Waals surface area contributed by atoms with Gasteiger partial charge in [-0.2, -0.15) is 13.2 Å². The second-order valence-electron chi connectivity index (χ2n) is 5.59. The summed E-state index contributed by atoms with van der Waals surface area (Å²) in [5, 5.41) is 10.8. The zero-order valence-electron chi connectivity index (χ0n) is 14.2. The lowest BCUT2D eigenvalue weighted by Crippen LogP contribution is -2.20. The highest BCUT2D eigenvalue weighted by Crippen LogP contribution is 2.28. The number of nitrogens with zero attached hydrogens (tertiary/aromatic N) is 4. The molecule has 0 fully saturated rings. The summed E-state index contributed by atoms with van der Waals surface area (Å²) in [5.74, 6) is -0.490.